The molecule has 1 rings (SSSR count). The van der Waals surface area contributed by atoms with E-state index in [9.17, 15) is 10.1 Å². The van der Waals surface area contributed by atoms with Gasteiger partial charge in [-0.2, -0.15) is 0 Å². The Kier molecular flexibility index (Phi) is 4.20. The normalized spacial score (nSPS) is 10.6. The van der Waals surface area contributed by atoms with E-state index in [4.69, 9.17) is 9.47 Å². The minimum atomic E-state index is -0.419. The van der Waals surface area contributed by atoms with Gasteiger partial charge < -0.3 is 9.47 Å². The number of nitro groups is 1. The van der Waals surface area contributed by atoms with Crippen LogP contribution in [0.5, 0.6) is 0 Å². The summed E-state index contributed by atoms with van der Waals surface area (Å²) >= 11 is 0. The monoisotopic (exact) mass is 211 g/mol. The topological polar surface area (TPSA) is 61.6 Å². The maximum atomic E-state index is 10.5. The summed E-state index contributed by atoms with van der Waals surface area (Å²) in [6, 6.07) is 6.43. The Balaban J connectivity index is 2.77. The highest BCUT2D eigenvalue weighted by atomic mass is 16.7. The van der Waals surface area contributed by atoms with Crippen molar-refractivity contribution in [2.45, 2.75) is 12.7 Å². The summed E-state index contributed by atoms with van der Waals surface area (Å²) in [4.78, 5) is 10.1. The first-order valence-electron chi connectivity index (χ1n) is 4.46. The number of benzene rings is 1. The number of ether oxygens (including phenoxy) is 2. The Labute approximate surface area is 87.8 Å². The second kappa shape index (κ2) is 5.43. The summed E-state index contributed by atoms with van der Waals surface area (Å²) in [6.45, 7) is 0. The highest BCUT2D eigenvalue weighted by Gasteiger charge is 2.10. The quantitative estimate of drug-likeness (QED) is 0.423. The molecule has 5 heteroatoms. The smallest absolute Gasteiger partial charge is 0.269 e. The molecule has 5 nitrogen and oxygen atoms in total. The predicted octanol–water partition coefficient (Wildman–Crippen LogP) is 1.76. The Morgan fingerprint density at radius 1 is 1.40 bits per heavy atom. The van der Waals surface area contributed by atoms with E-state index in [0.29, 0.717) is 6.42 Å². The highest BCUT2D eigenvalue weighted by molar-refractivity contribution is 5.34. The molecule has 0 spiro atoms. The zero-order valence-corrected chi connectivity index (χ0v) is 8.67. The maximum absolute atomic E-state index is 10.5. The Bertz CT molecular complexity index is 336. The zero-order chi connectivity index (χ0) is 11.3. The highest BCUT2D eigenvalue weighted by Crippen LogP contribution is 2.15. The van der Waals surface area contributed by atoms with Crippen LogP contribution in [0.15, 0.2) is 24.3 Å². The summed E-state index contributed by atoms with van der Waals surface area (Å²) in [5.41, 5.74) is 0.899. The van der Waals surface area contributed by atoms with E-state index in [-0.39, 0.29) is 12.0 Å². The van der Waals surface area contributed by atoms with Gasteiger partial charge in [0.1, 0.15) is 0 Å². The van der Waals surface area contributed by atoms with Gasteiger partial charge >= 0.3 is 0 Å². The predicted molar refractivity (Wildman–Crippen MR) is 54.6 cm³/mol. The molecule has 0 unspecified atom stereocenters. The van der Waals surface area contributed by atoms with Gasteiger partial charge in [-0.15, -0.1) is 0 Å². The van der Waals surface area contributed by atoms with E-state index in [1.54, 1.807) is 12.1 Å². The molecule has 0 saturated carbocycles. The molecule has 1 aromatic rings. The second-order valence-corrected chi connectivity index (χ2v) is 3.03. The Hall–Kier alpha value is -1.46. The fourth-order valence-corrected chi connectivity index (χ4v) is 1.25. The molecule has 0 saturated heterocycles. The zero-order valence-electron chi connectivity index (χ0n) is 8.67. The lowest BCUT2D eigenvalue weighted by Crippen LogP contribution is -2.16. The van der Waals surface area contributed by atoms with Crippen LogP contribution in [-0.2, 0) is 15.9 Å². The summed E-state index contributed by atoms with van der Waals surface area (Å²) in [5.74, 6) is 0. The molecule has 0 amide bonds. The van der Waals surface area contributed by atoms with E-state index in [0.717, 1.165) is 5.56 Å². The molecule has 0 heterocycles. The Morgan fingerprint density at radius 2 is 2.07 bits per heavy atom. The summed E-state index contributed by atoms with van der Waals surface area (Å²) < 4.78 is 10.0. The van der Waals surface area contributed by atoms with Crippen molar-refractivity contribution in [3.63, 3.8) is 0 Å². The van der Waals surface area contributed by atoms with Crippen LogP contribution in [0.2, 0.25) is 0 Å². The van der Waals surface area contributed by atoms with Gasteiger partial charge in [-0.05, 0) is 5.56 Å². The average molecular weight is 211 g/mol. The third-order valence-corrected chi connectivity index (χ3v) is 2.05. The van der Waals surface area contributed by atoms with Crippen molar-refractivity contribution in [3.8, 4) is 0 Å². The van der Waals surface area contributed by atoms with Gasteiger partial charge in [0, 0.05) is 32.8 Å². The maximum Gasteiger partial charge on any atom is 0.269 e. The van der Waals surface area contributed by atoms with Crippen LogP contribution in [0, 0.1) is 10.1 Å². The lowest BCUT2D eigenvalue weighted by molar-refractivity contribution is -0.384. The SMILES string of the molecule is COC(Cc1cccc([N+](=O)[O-])c1)OC. The molecule has 0 aliphatic rings. The molecule has 0 aromatic heterocycles. The minimum absolute atomic E-state index is 0.0819. The largest absolute Gasteiger partial charge is 0.356 e. The lowest BCUT2D eigenvalue weighted by Gasteiger charge is -2.12. The van der Waals surface area contributed by atoms with Crippen molar-refractivity contribution in [2.24, 2.45) is 0 Å². The molecule has 0 aliphatic heterocycles. The summed E-state index contributed by atoms with van der Waals surface area (Å²) in [5, 5.41) is 10.5. The van der Waals surface area contributed by atoms with Gasteiger partial charge in [0.2, 0.25) is 0 Å². The number of hydrogen-bond donors (Lipinski definition) is 0. The lowest BCUT2D eigenvalue weighted by atomic mass is 10.1. The molecule has 0 aliphatic carbocycles. The molecule has 0 atom stereocenters. The van der Waals surface area contributed by atoms with Crippen molar-refractivity contribution >= 4 is 5.69 Å². The fraction of sp³-hybridized carbons (Fsp3) is 0.400. The molecule has 0 radical (unpaired) electrons. The molecule has 1 aromatic carbocycles. The molecule has 0 N–H and O–H groups in total. The standard InChI is InChI=1S/C10H13NO4/c1-14-10(15-2)7-8-4-3-5-9(6-8)11(12)13/h3-6,10H,7H2,1-2H3. The number of rotatable bonds is 5. The van der Waals surface area contributed by atoms with Crippen molar-refractivity contribution in [1.82, 2.24) is 0 Å². The van der Waals surface area contributed by atoms with E-state index < -0.39 is 4.92 Å². The summed E-state index contributed by atoms with van der Waals surface area (Å²) in [6.07, 6.45) is 0.126. The fourth-order valence-electron chi connectivity index (χ4n) is 1.25. The Morgan fingerprint density at radius 3 is 2.60 bits per heavy atom. The molecular formula is C10H13NO4. The third-order valence-electron chi connectivity index (χ3n) is 2.05. The van der Waals surface area contributed by atoms with Gasteiger partial charge in [-0.3, -0.25) is 10.1 Å². The minimum Gasteiger partial charge on any atom is -0.356 e. The molecule has 82 valence electrons. The van der Waals surface area contributed by atoms with Crippen LogP contribution < -0.4 is 0 Å². The molecule has 0 fully saturated rings. The van der Waals surface area contributed by atoms with E-state index in [1.807, 2.05) is 0 Å². The van der Waals surface area contributed by atoms with Crippen molar-refractivity contribution in [1.29, 1.82) is 0 Å². The van der Waals surface area contributed by atoms with Gasteiger partial charge in [-0.1, -0.05) is 12.1 Å². The summed E-state index contributed by atoms with van der Waals surface area (Å²) in [7, 11) is 3.07. The van der Waals surface area contributed by atoms with Crippen LogP contribution >= 0.6 is 0 Å². The van der Waals surface area contributed by atoms with Crippen molar-refractivity contribution < 1.29 is 14.4 Å². The van der Waals surface area contributed by atoms with E-state index >= 15 is 0 Å². The first kappa shape index (κ1) is 11.6. The molecular weight excluding hydrogens is 198 g/mol. The second-order valence-electron chi connectivity index (χ2n) is 3.03. The van der Waals surface area contributed by atoms with Gasteiger partial charge in [0.05, 0.1) is 4.92 Å². The van der Waals surface area contributed by atoms with Crippen molar-refractivity contribution in [2.75, 3.05) is 14.2 Å². The number of non-ortho nitro benzene ring substituents is 1. The van der Waals surface area contributed by atoms with Crippen LogP contribution in [0.25, 0.3) is 0 Å². The van der Waals surface area contributed by atoms with Crippen LogP contribution in [0.4, 0.5) is 5.69 Å². The number of nitrogens with zero attached hydrogens (tertiary/aromatic N) is 1. The molecule has 15 heavy (non-hydrogen) atoms. The van der Waals surface area contributed by atoms with Gasteiger partial charge in [0.25, 0.3) is 5.69 Å². The number of methoxy groups -OCH3 is 2. The first-order chi connectivity index (χ1) is 7.17. The van der Waals surface area contributed by atoms with Crippen molar-refractivity contribution in [3.05, 3.63) is 39.9 Å². The number of hydrogen-bond acceptors (Lipinski definition) is 4. The van der Waals surface area contributed by atoms with E-state index in [2.05, 4.69) is 0 Å². The van der Waals surface area contributed by atoms with Crippen LogP contribution in [0.1, 0.15) is 5.56 Å². The van der Waals surface area contributed by atoms with Gasteiger partial charge in [0.15, 0.2) is 6.29 Å². The van der Waals surface area contributed by atoms with E-state index in [1.165, 1.54) is 26.4 Å². The van der Waals surface area contributed by atoms with Crippen LogP contribution in [-0.4, -0.2) is 25.4 Å². The van der Waals surface area contributed by atoms with Gasteiger partial charge in [-0.25, -0.2) is 0 Å². The third kappa shape index (κ3) is 3.30. The number of nitro benzene ring substituents is 1. The first-order valence-corrected chi connectivity index (χ1v) is 4.46. The average Bonchev–Trinajstić information content (AvgIpc) is 2.26. The van der Waals surface area contributed by atoms with Crippen LogP contribution in [0.3, 0.4) is 0 Å². The molecule has 0 bridgehead atoms.